The molecule has 4 nitrogen and oxygen atoms in total. The summed E-state index contributed by atoms with van der Waals surface area (Å²) in [5.74, 6) is 0.665. The minimum Gasteiger partial charge on any atom is -0.487 e. The van der Waals surface area contributed by atoms with Crippen molar-refractivity contribution in [2.24, 2.45) is 0 Å². The van der Waals surface area contributed by atoms with Gasteiger partial charge in [0, 0.05) is 12.3 Å². The van der Waals surface area contributed by atoms with Crippen molar-refractivity contribution in [1.82, 2.24) is 10.3 Å². The number of pyridine rings is 1. The summed E-state index contributed by atoms with van der Waals surface area (Å²) in [5.41, 5.74) is 6.22. The van der Waals surface area contributed by atoms with E-state index in [9.17, 15) is 0 Å². The van der Waals surface area contributed by atoms with E-state index in [1.54, 1.807) is 24.7 Å². The van der Waals surface area contributed by atoms with Crippen LogP contribution in [0.4, 0.5) is 5.69 Å². The van der Waals surface area contributed by atoms with Crippen LogP contribution >= 0.6 is 0 Å². The maximum absolute atomic E-state index is 5.67. The lowest BCUT2D eigenvalue weighted by molar-refractivity contribution is 0.223. The summed E-state index contributed by atoms with van der Waals surface area (Å²) in [6.07, 6.45) is 4.90. The summed E-state index contributed by atoms with van der Waals surface area (Å²) in [7, 11) is 0. The first kappa shape index (κ1) is 10.4. The fourth-order valence-corrected chi connectivity index (χ4v) is 1.01. The van der Waals surface area contributed by atoms with Gasteiger partial charge in [-0.15, -0.1) is 0 Å². The molecule has 0 spiro atoms. The number of nitrogens with one attached hydrogen (secondary N) is 1. The number of rotatable bonds is 5. The highest BCUT2D eigenvalue weighted by Gasteiger charge is 2.04. The average molecular weight is 193 g/mol. The van der Waals surface area contributed by atoms with E-state index in [0.717, 1.165) is 0 Å². The highest BCUT2D eigenvalue weighted by Crippen LogP contribution is 2.19. The van der Waals surface area contributed by atoms with E-state index >= 15 is 0 Å². The van der Waals surface area contributed by atoms with E-state index in [4.69, 9.17) is 10.5 Å². The maximum atomic E-state index is 5.67. The van der Waals surface area contributed by atoms with Crippen molar-refractivity contribution in [2.45, 2.75) is 13.0 Å². The van der Waals surface area contributed by atoms with Crippen LogP contribution in [0.15, 0.2) is 31.2 Å². The first-order valence-electron chi connectivity index (χ1n) is 4.44. The highest BCUT2D eigenvalue weighted by atomic mass is 16.5. The van der Waals surface area contributed by atoms with Gasteiger partial charge in [0.25, 0.3) is 0 Å². The van der Waals surface area contributed by atoms with Gasteiger partial charge in [0.1, 0.15) is 11.9 Å². The molecule has 1 aromatic rings. The van der Waals surface area contributed by atoms with Crippen LogP contribution in [0.2, 0.25) is 0 Å². The molecule has 0 bridgehead atoms. The minimum absolute atomic E-state index is 0.0395. The van der Waals surface area contributed by atoms with Crippen molar-refractivity contribution in [1.29, 1.82) is 0 Å². The smallest absolute Gasteiger partial charge is 0.145 e. The third kappa shape index (κ3) is 2.97. The van der Waals surface area contributed by atoms with Gasteiger partial charge in [0.2, 0.25) is 0 Å². The molecule has 1 aromatic heterocycles. The first-order valence-corrected chi connectivity index (χ1v) is 4.44. The molecule has 0 aliphatic heterocycles. The second-order valence-corrected chi connectivity index (χ2v) is 2.95. The van der Waals surface area contributed by atoms with Gasteiger partial charge in [-0.05, 0) is 13.1 Å². The van der Waals surface area contributed by atoms with Gasteiger partial charge >= 0.3 is 0 Å². The molecule has 1 unspecified atom stereocenters. The SMILES string of the molecule is C=CNCC(C)Oc1ccncc1N. The van der Waals surface area contributed by atoms with Gasteiger partial charge in [0.15, 0.2) is 0 Å². The van der Waals surface area contributed by atoms with Crippen molar-refractivity contribution in [3.05, 3.63) is 31.2 Å². The van der Waals surface area contributed by atoms with Crippen molar-refractivity contribution in [3.8, 4) is 5.75 Å². The Morgan fingerprint density at radius 3 is 3.21 bits per heavy atom. The molecule has 1 rings (SSSR count). The van der Waals surface area contributed by atoms with Crippen LogP contribution in [-0.4, -0.2) is 17.6 Å². The quantitative estimate of drug-likeness (QED) is 0.736. The molecule has 0 saturated heterocycles. The predicted molar refractivity (Wildman–Crippen MR) is 56.9 cm³/mol. The maximum Gasteiger partial charge on any atom is 0.145 e. The Balaban J connectivity index is 2.51. The lowest BCUT2D eigenvalue weighted by atomic mass is 10.3. The van der Waals surface area contributed by atoms with Gasteiger partial charge in [-0.3, -0.25) is 4.98 Å². The van der Waals surface area contributed by atoms with Crippen LogP contribution in [0.3, 0.4) is 0 Å². The third-order valence-electron chi connectivity index (χ3n) is 1.69. The van der Waals surface area contributed by atoms with Gasteiger partial charge in [-0.25, -0.2) is 0 Å². The van der Waals surface area contributed by atoms with E-state index in [0.29, 0.717) is 18.0 Å². The minimum atomic E-state index is 0.0395. The summed E-state index contributed by atoms with van der Waals surface area (Å²) >= 11 is 0. The number of hydrogen-bond acceptors (Lipinski definition) is 4. The van der Waals surface area contributed by atoms with Gasteiger partial charge < -0.3 is 15.8 Å². The Labute approximate surface area is 83.8 Å². The molecule has 0 aromatic carbocycles. The van der Waals surface area contributed by atoms with E-state index in [1.807, 2.05) is 6.92 Å². The summed E-state index contributed by atoms with van der Waals surface area (Å²) in [6.45, 7) is 6.21. The number of ether oxygens (including phenoxy) is 1. The molecule has 76 valence electrons. The van der Waals surface area contributed by atoms with Crippen LogP contribution in [-0.2, 0) is 0 Å². The zero-order valence-electron chi connectivity index (χ0n) is 8.23. The Kier molecular flexibility index (Phi) is 3.79. The number of hydrogen-bond donors (Lipinski definition) is 2. The molecule has 0 fully saturated rings. The molecule has 0 aliphatic carbocycles. The Morgan fingerprint density at radius 2 is 2.57 bits per heavy atom. The summed E-state index contributed by atoms with van der Waals surface area (Å²) in [5, 5.41) is 2.97. The topological polar surface area (TPSA) is 60.2 Å². The lowest BCUT2D eigenvalue weighted by Crippen LogP contribution is -2.25. The zero-order valence-corrected chi connectivity index (χ0v) is 8.23. The number of nitrogens with two attached hydrogens (primary N) is 1. The largest absolute Gasteiger partial charge is 0.487 e. The standard InChI is InChI=1S/C10H15N3O/c1-3-12-6-8(2)14-10-4-5-13-7-9(10)11/h3-5,7-8,12H,1,6,11H2,2H3. The van der Waals surface area contributed by atoms with E-state index in [2.05, 4.69) is 16.9 Å². The summed E-state index contributed by atoms with van der Waals surface area (Å²) in [6, 6.07) is 1.75. The van der Waals surface area contributed by atoms with Crippen LogP contribution in [0.5, 0.6) is 5.75 Å². The van der Waals surface area contributed by atoms with Crippen molar-refractivity contribution >= 4 is 5.69 Å². The van der Waals surface area contributed by atoms with Crippen LogP contribution < -0.4 is 15.8 Å². The second kappa shape index (κ2) is 5.11. The Hall–Kier alpha value is -1.71. The average Bonchev–Trinajstić information content (AvgIpc) is 2.18. The van der Waals surface area contributed by atoms with E-state index in [1.165, 1.54) is 0 Å². The molecule has 1 atom stereocenters. The number of anilines is 1. The Bertz CT molecular complexity index is 301. The van der Waals surface area contributed by atoms with Gasteiger partial charge in [0.05, 0.1) is 18.4 Å². The lowest BCUT2D eigenvalue weighted by Gasteiger charge is -2.15. The number of nitrogens with zero attached hydrogens (tertiary/aromatic N) is 1. The molecule has 3 N–H and O–H groups in total. The van der Waals surface area contributed by atoms with Crippen molar-refractivity contribution < 1.29 is 4.74 Å². The van der Waals surface area contributed by atoms with Gasteiger partial charge in [-0.2, -0.15) is 0 Å². The van der Waals surface area contributed by atoms with Crippen molar-refractivity contribution in [3.63, 3.8) is 0 Å². The third-order valence-corrected chi connectivity index (χ3v) is 1.69. The molecule has 1 heterocycles. The molecular weight excluding hydrogens is 178 g/mol. The fourth-order valence-electron chi connectivity index (χ4n) is 1.01. The molecular formula is C10H15N3O. The zero-order chi connectivity index (χ0) is 10.4. The molecule has 0 amide bonds. The van der Waals surface area contributed by atoms with E-state index in [-0.39, 0.29) is 6.10 Å². The molecule has 0 radical (unpaired) electrons. The molecule has 14 heavy (non-hydrogen) atoms. The van der Waals surface area contributed by atoms with Crippen molar-refractivity contribution in [2.75, 3.05) is 12.3 Å². The van der Waals surface area contributed by atoms with Gasteiger partial charge in [-0.1, -0.05) is 6.58 Å². The normalized spacial score (nSPS) is 11.8. The van der Waals surface area contributed by atoms with Crippen LogP contribution in [0.1, 0.15) is 6.92 Å². The monoisotopic (exact) mass is 193 g/mol. The molecule has 0 saturated carbocycles. The second-order valence-electron chi connectivity index (χ2n) is 2.95. The van der Waals surface area contributed by atoms with Crippen LogP contribution in [0.25, 0.3) is 0 Å². The predicted octanol–water partition coefficient (Wildman–Crippen LogP) is 1.16. The molecule has 4 heteroatoms. The molecule has 0 aliphatic rings. The van der Waals surface area contributed by atoms with Crippen LogP contribution in [0, 0.1) is 0 Å². The Morgan fingerprint density at radius 1 is 1.79 bits per heavy atom. The number of nitrogen functional groups attached to an aromatic ring is 1. The number of aromatic nitrogens is 1. The summed E-state index contributed by atoms with van der Waals surface area (Å²) in [4.78, 5) is 3.88. The fraction of sp³-hybridized carbons (Fsp3) is 0.300. The highest BCUT2D eigenvalue weighted by molar-refractivity contribution is 5.49. The summed E-state index contributed by atoms with van der Waals surface area (Å²) < 4.78 is 5.57. The first-order chi connectivity index (χ1) is 6.74. The van der Waals surface area contributed by atoms with E-state index < -0.39 is 0 Å².